The molecule has 2 aromatic carbocycles. The minimum Gasteiger partial charge on any atom is -0.489 e. The van der Waals surface area contributed by atoms with Crippen LogP contribution in [0.3, 0.4) is 0 Å². The van der Waals surface area contributed by atoms with Crippen LogP contribution in [0.5, 0.6) is 11.5 Å². The van der Waals surface area contributed by atoms with E-state index in [0.717, 1.165) is 5.56 Å². The van der Waals surface area contributed by atoms with Crippen LogP contribution in [0.4, 0.5) is 4.39 Å². The molecule has 0 N–H and O–H groups in total. The number of carbonyl (C=O) groups excluding carboxylic acids is 1. The van der Waals surface area contributed by atoms with E-state index in [-0.39, 0.29) is 17.9 Å². The zero-order valence-electron chi connectivity index (χ0n) is 16.5. The number of methoxy groups -OCH3 is 1. The van der Waals surface area contributed by atoms with Crippen LogP contribution in [-0.4, -0.2) is 18.1 Å². The van der Waals surface area contributed by atoms with Gasteiger partial charge in [0.2, 0.25) is 12.1 Å². The Labute approximate surface area is 173 Å². The molecule has 0 bridgehead atoms. The molecule has 1 aromatic heterocycles. The lowest BCUT2D eigenvalue weighted by atomic mass is 10.0. The molecule has 0 saturated heterocycles. The maximum atomic E-state index is 13.2. The number of pyridine rings is 1. The van der Waals surface area contributed by atoms with E-state index in [2.05, 4.69) is 4.98 Å². The zero-order chi connectivity index (χ0) is 21.5. The van der Waals surface area contributed by atoms with Gasteiger partial charge in [0.05, 0.1) is 12.7 Å². The van der Waals surface area contributed by atoms with Crippen LogP contribution in [0.25, 0.3) is 0 Å². The van der Waals surface area contributed by atoms with Crippen molar-refractivity contribution in [3.63, 3.8) is 0 Å². The number of nitrogens with zero attached hydrogens (tertiary/aromatic N) is 2. The fraction of sp³-hybridized carbons (Fsp3) is 0.174. The SMILES string of the molecule is COC(=O)C(Oc1cc(OCc2ccnc(F)c2)ccc1C#N)c1ccccc1C. The summed E-state index contributed by atoms with van der Waals surface area (Å²) in [6.07, 6.45) is 0.303. The predicted octanol–water partition coefficient (Wildman–Crippen LogP) is 4.27. The van der Waals surface area contributed by atoms with E-state index in [0.29, 0.717) is 16.9 Å². The number of aryl methyl sites for hydroxylation is 1. The number of hydrogen-bond donors (Lipinski definition) is 0. The zero-order valence-corrected chi connectivity index (χ0v) is 16.5. The van der Waals surface area contributed by atoms with Crippen LogP contribution in [0.2, 0.25) is 0 Å². The molecule has 3 rings (SSSR count). The molecule has 7 heteroatoms. The molecule has 1 heterocycles. The van der Waals surface area contributed by atoms with E-state index in [1.165, 1.54) is 31.5 Å². The molecule has 0 fully saturated rings. The van der Waals surface area contributed by atoms with Crippen LogP contribution >= 0.6 is 0 Å². The Kier molecular flexibility index (Phi) is 6.60. The second-order valence-electron chi connectivity index (χ2n) is 6.42. The Balaban J connectivity index is 1.87. The Morgan fingerprint density at radius 1 is 1.20 bits per heavy atom. The van der Waals surface area contributed by atoms with Gasteiger partial charge in [-0.1, -0.05) is 24.3 Å². The van der Waals surface area contributed by atoms with Gasteiger partial charge in [0.25, 0.3) is 0 Å². The summed E-state index contributed by atoms with van der Waals surface area (Å²) in [5.74, 6) is -0.616. The minimum atomic E-state index is -1.05. The Morgan fingerprint density at radius 2 is 2.00 bits per heavy atom. The predicted molar refractivity (Wildman–Crippen MR) is 106 cm³/mol. The van der Waals surface area contributed by atoms with E-state index in [1.54, 1.807) is 24.3 Å². The van der Waals surface area contributed by atoms with Crippen molar-refractivity contribution in [1.29, 1.82) is 5.26 Å². The Morgan fingerprint density at radius 3 is 2.70 bits per heavy atom. The van der Waals surface area contributed by atoms with Crippen molar-refractivity contribution in [2.24, 2.45) is 0 Å². The normalized spacial score (nSPS) is 11.3. The molecular formula is C23H19FN2O4. The van der Waals surface area contributed by atoms with Crippen LogP contribution in [-0.2, 0) is 16.1 Å². The summed E-state index contributed by atoms with van der Waals surface area (Å²) in [4.78, 5) is 15.9. The van der Waals surface area contributed by atoms with Crippen molar-refractivity contribution in [2.45, 2.75) is 19.6 Å². The third-order valence-electron chi connectivity index (χ3n) is 4.40. The van der Waals surface area contributed by atoms with Crippen LogP contribution < -0.4 is 9.47 Å². The highest BCUT2D eigenvalue weighted by molar-refractivity contribution is 5.77. The number of hydrogen-bond acceptors (Lipinski definition) is 6. The summed E-state index contributed by atoms with van der Waals surface area (Å²) in [6.45, 7) is 1.95. The van der Waals surface area contributed by atoms with E-state index < -0.39 is 18.0 Å². The van der Waals surface area contributed by atoms with Gasteiger partial charge in [0, 0.05) is 17.8 Å². The lowest BCUT2D eigenvalue weighted by Crippen LogP contribution is -2.21. The van der Waals surface area contributed by atoms with Crippen molar-refractivity contribution in [3.8, 4) is 17.6 Å². The molecule has 1 unspecified atom stereocenters. The number of benzene rings is 2. The molecule has 0 radical (unpaired) electrons. The number of aromatic nitrogens is 1. The van der Waals surface area contributed by atoms with Gasteiger partial charge in [0.15, 0.2) is 0 Å². The van der Waals surface area contributed by atoms with Crippen LogP contribution in [0.1, 0.15) is 28.4 Å². The molecule has 1 atom stereocenters. The molecule has 3 aromatic rings. The van der Waals surface area contributed by atoms with Crippen LogP contribution in [0.15, 0.2) is 60.8 Å². The van der Waals surface area contributed by atoms with E-state index in [4.69, 9.17) is 14.2 Å². The van der Waals surface area contributed by atoms with E-state index >= 15 is 0 Å². The number of carbonyl (C=O) groups is 1. The van der Waals surface area contributed by atoms with Gasteiger partial charge in [-0.25, -0.2) is 9.78 Å². The van der Waals surface area contributed by atoms with Gasteiger partial charge in [-0.05, 0) is 42.3 Å². The highest BCUT2D eigenvalue weighted by Crippen LogP contribution is 2.31. The highest BCUT2D eigenvalue weighted by atomic mass is 19.1. The third kappa shape index (κ3) is 4.92. The molecule has 152 valence electrons. The first kappa shape index (κ1) is 20.8. The summed E-state index contributed by atoms with van der Waals surface area (Å²) in [5.41, 5.74) is 2.31. The molecule has 0 amide bonds. The van der Waals surface area contributed by atoms with E-state index in [1.807, 2.05) is 25.1 Å². The number of nitriles is 1. The van der Waals surface area contributed by atoms with Crippen molar-refractivity contribution >= 4 is 5.97 Å². The van der Waals surface area contributed by atoms with Gasteiger partial charge >= 0.3 is 5.97 Å². The van der Waals surface area contributed by atoms with Crippen molar-refractivity contribution in [1.82, 2.24) is 4.98 Å². The largest absolute Gasteiger partial charge is 0.489 e. The fourth-order valence-electron chi connectivity index (χ4n) is 2.83. The maximum Gasteiger partial charge on any atom is 0.351 e. The van der Waals surface area contributed by atoms with Gasteiger partial charge in [0.1, 0.15) is 24.2 Å². The summed E-state index contributed by atoms with van der Waals surface area (Å²) in [5, 5.41) is 9.45. The number of rotatable bonds is 7. The fourth-order valence-corrected chi connectivity index (χ4v) is 2.83. The first-order chi connectivity index (χ1) is 14.5. The van der Waals surface area contributed by atoms with E-state index in [9.17, 15) is 14.4 Å². The van der Waals surface area contributed by atoms with Crippen molar-refractivity contribution in [3.05, 3.63) is 89.0 Å². The molecule has 0 aliphatic carbocycles. The molecule has 30 heavy (non-hydrogen) atoms. The lowest BCUT2D eigenvalue weighted by Gasteiger charge is -2.20. The molecule has 0 saturated carbocycles. The smallest absolute Gasteiger partial charge is 0.351 e. The quantitative estimate of drug-likeness (QED) is 0.430. The van der Waals surface area contributed by atoms with Crippen molar-refractivity contribution < 1.29 is 23.4 Å². The third-order valence-corrected chi connectivity index (χ3v) is 4.40. The Hall–Kier alpha value is -3.92. The molecular weight excluding hydrogens is 387 g/mol. The molecule has 0 aliphatic rings. The van der Waals surface area contributed by atoms with Gasteiger partial charge in [-0.15, -0.1) is 0 Å². The summed E-state index contributed by atoms with van der Waals surface area (Å²) >= 11 is 0. The summed E-state index contributed by atoms with van der Waals surface area (Å²) in [6, 6.07) is 16.9. The number of halogens is 1. The van der Waals surface area contributed by atoms with Crippen molar-refractivity contribution in [2.75, 3.05) is 7.11 Å². The molecule has 6 nitrogen and oxygen atoms in total. The minimum absolute atomic E-state index is 0.100. The van der Waals surface area contributed by atoms with Crippen LogP contribution in [0, 0.1) is 24.2 Å². The number of ether oxygens (including phenoxy) is 3. The van der Waals surface area contributed by atoms with Gasteiger partial charge in [-0.2, -0.15) is 9.65 Å². The van der Waals surface area contributed by atoms with Gasteiger partial charge < -0.3 is 14.2 Å². The molecule has 0 spiro atoms. The topological polar surface area (TPSA) is 81.4 Å². The highest BCUT2D eigenvalue weighted by Gasteiger charge is 2.26. The first-order valence-electron chi connectivity index (χ1n) is 9.09. The Bertz CT molecular complexity index is 1090. The molecule has 0 aliphatic heterocycles. The average molecular weight is 406 g/mol. The standard InChI is InChI=1S/C23H19FN2O4/c1-15-5-3-4-6-19(15)22(23(27)28-2)30-20-12-18(8-7-17(20)13-25)29-14-16-9-10-26-21(24)11-16/h3-12,22H,14H2,1-2H3. The summed E-state index contributed by atoms with van der Waals surface area (Å²) in [7, 11) is 1.27. The first-order valence-corrected chi connectivity index (χ1v) is 9.09. The summed E-state index contributed by atoms with van der Waals surface area (Å²) < 4.78 is 29.7. The van der Waals surface area contributed by atoms with Gasteiger partial charge in [-0.3, -0.25) is 0 Å². The second-order valence-corrected chi connectivity index (χ2v) is 6.42. The maximum absolute atomic E-state index is 13.2. The number of esters is 1. The lowest BCUT2D eigenvalue weighted by molar-refractivity contribution is -0.149. The second kappa shape index (κ2) is 9.52. The average Bonchev–Trinajstić information content (AvgIpc) is 2.76. The monoisotopic (exact) mass is 406 g/mol.